The van der Waals surface area contributed by atoms with Crippen molar-refractivity contribution >= 4 is 0 Å². The molecule has 0 aromatic rings. The minimum Gasteiger partial charge on any atom is -0.395 e. The van der Waals surface area contributed by atoms with Crippen LogP contribution < -0.4 is 5.32 Å². The number of rotatable bonds is 4. The highest BCUT2D eigenvalue weighted by atomic mass is 19.4. The third-order valence-electron chi connectivity index (χ3n) is 1.43. The zero-order chi connectivity index (χ0) is 11.4. The summed E-state index contributed by atoms with van der Waals surface area (Å²) in [6.45, 7) is -2.08. The van der Waals surface area contributed by atoms with E-state index in [2.05, 4.69) is 0 Å². The lowest BCUT2D eigenvalue weighted by Crippen LogP contribution is -2.44. The van der Waals surface area contributed by atoms with Crippen molar-refractivity contribution in [3.63, 3.8) is 0 Å². The summed E-state index contributed by atoms with van der Waals surface area (Å²) < 4.78 is 70.9. The molecule has 0 fully saturated rings. The van der Waals surface area contributed by atoms with Gasteiger partial charge in [0.1, 0.15) is 0 Å². The maximum Gasteiger partial charge on any atom is 0.401 e. The van der Waals surface area contributed by atoms with Crippen molar-refractivity contribution in [3.05, 3.63) is 0 Å². The summed E-state index contributed by atoms with van der Waals surface area (Å²) in [5.41, 5.74) is 0. The lowest BCUT2D eigenvalue weighted by atomic mass is 10.1. The molecule has 0 aliphatic heterocycles. The van der Waals surface area contributed by atoms with E-state index in [-0.39, 0.29) is 6.54 Å². The lowest BCUT2D eigenvalue weighted by molar-refractivity contribution is -0.282. The molecule has 0 spiro atoms. The summed E-state index contributed by atoms with van der Waals surface area (Å²) in [5.74, 6) is -3.39. The zero-order valence-electron chi connectivity index (χ0n) is 6.91. The first-order valence-electron chi connectivity index (χ1n) is 3.64. The van der Waals surface area contributed by atoms with Crippen LogP contribution in [0.25, 0.3) is 0 Å². The topological polar surface area (TPSA) is 32.3 Å². The third-order valence-corrected chi connectivity index (χ3v) is 1.43. The summed E-state index contributed by atoms with van der Waals surface area (Å²) in [5, 5.41) is 10.0. The van der Waals surface area contributed by atoms with Crippen molar-refractivity contribution in [2.75, 3.05) is 19.7 Å². The number of aliphatic hydroxyl groups excluding tert-OH is 1. The van der Waals surface area contributed by atoms with E-state index >= 15 is 0 Å². The third kappa shape index (κ3) is 4.66. The Bertz CT molecular complexity index is 151. The molecule has 86 valence electrons. The fourth-order valence-corrected chi connectivity index (χ4v) is 0.742. The zero-order valence-corrected chi connectivity index (χ0v) is 6.91. The Morgan fingerprint density at radius 1 is 1.00 bits per heavy atom. The van der Waals surface area contributed by atoms with Gasteiger partial charge < -0.3 is 10.4 Å². The first-order chi connectivity index (χ1) is 6.19. The molecule has 0 unspecified atom stereocenters. The van der Waals surface area contributed by atoms with Crippen molar-refractivity contribution in [3.8, 4) is 0 Å². The van der Waals surface area contributed by atoms with E-state index in [0.29, 0.717) is 0 Å². The summed E-state index contributed by atoms with van der Waals surface area (Å²) in [6, 6.07) is 0. The molecule has 0 aromatic heterocycles. The standard InChI is InChI=1S/C6H9F6NO/c7-5(8,9)4(6(10,11)12)3-13-1-2-14/h4,13-14H,1-3H2. The Balaban J connectivity index is 4.28. The van der Waals surface area contributed by atoms with Crippen LogP contribution in [0, 0.1) is 5.92 Å². The van der Waals surface area contributed by atoms with E-state index in [1.807, 2.05) is 5.32 Å². The largest absolute Gasteiger partial charge is 0.401 e. The number of hydrogen-bond donors (Lipinski definition) is 2. The van der Waals surface area contributed by atoms with Gasteiger partial charge in [0.2, 0.25) is 0 Å². The molecule has 0 aliphatic rings. The van der Waals surface area contributed by atoms with E-state index in [4.69, 9.17) is 5.11 Å². The molecular weight excluding hydrogens is 216 g/mol. The molecule has 0 aliphatic carbocycles. The number of hydrogen-bond acceptors (Lipinski definition) is 2. The molecular formula is C6H9F6NO. The quantitative estimate of drug-likeness (QED) is 0.558. The van der Waals surface area contributed by atoms with E-state index in [1.165, 1.54) is 0 Å². The normalized spacial score (nSPS) is 13.7. The first-order valence-corrected chi connectivity index (χ1v) is 3.64. The van der Waals surface area contributed by atoms with Crippen molar-refractivity contribution in [1.82, 2.24) is 5.32 Å². The molecule has 0 aromatic carbocycles. The Morgan fingerprint density at radius 2 is 1.43 bits per heavy atom. The molecule has 2 nitrogen and oxygen atoms in total. The average Bonchev–Trinajstić information content (AvgIpc) is 1.92. The van der Waals surface area contributed by atoms with Crippen LogP contribution in [-0.2, 0) is 0 Å². The molecule has 0 amide bonds. The molecule has 0 heterocycles. The minimum absolute atomic E-state index is 0.303. The minimum atomic E-state index is -5.32. The molecule has 0 rings (SSSR count). The van der Waals surface area contributed by atoms with Crippen LogP contribution in [0.1, 0.15) is 0 Å². The van der Waals surface area contributed by atoms with Crippen LogP contribution in [0.15, 0.2) is 0 Å². The highest BCUT2D eigenvalue weighted by Gasteiger charge is 2.55. The molecule has 0 atom stereocenters. The molecule has 8 heteroatoms. The van der Waals surface area contributed by atoms with Gasteiger partial charge in [-0.25, -0.2) is 0 Å². The molecule has 0 saturated heterocycles. The second kappa shape index (κ2) is 4.83. The van der Waals surface area contributed by atoms with Crippen molar-refractivity contribution in [2.45, 2.75) is 12.4 Å². The van der Waals surface area contributed by atoms with Crippen LogP contribution in [-0.4, -0.2) is 37.2 Å². The Kier molecular flexibility index (Phi) is 4.66. The summed E-state index contributed by atoms with van der Waals surface area (Å²) in [4.78, 5) is 0. The second-order valence-corrected chi connectivity index (χ2v) is 2.56. The first kappa shape index (κ1) is 13.5. The van der Waals surface area contributed by atoms with Gasteiger partial charge in [-0.15, -0.1) is 0 Å². The van der Waals surface area contributed by atoms with E-state index in [9.17, 15) is 26.3 Å². The SMILES string of the molecule is OCCNCC(C(F)(F)F)C(F)(F)F. The predicted octanol–water partition coefficient (Wildman–Crippen LogP) is 1.31. The maximum atomic E-state index is 11.8. The van der Waals surface area contributed by atoms with E-state index < -0.39 is 31.4 Å². The van der Waals surface area contributed by atoms with Crippen LogP contribution in [0.3, 0.4) is 0 Å². The van der Waals surface area contributed by atoms with Gasteiger partial charge in [-0.05, 0) is 0 Å². The van der Waals surface area contributed by atoms with Gasteiger partial charge in [-0.1, -0.05) is 0 Å². The molecule has 0 radical (unpaired) electrons. The van der Waals surface area contributed by atoms with Crippen molar-refractivity contribution < 1.29 is 31.4 Å². The number of halogens is 6. The Labute approximate surface area is 75.9 Å². The number of aliphatic hydroxyl groups is 1. The Hall–Kier alpha value is -0.500. The van der Waals surface area contributed by atoms with Gasteiger partial charge in [-0.2, -0.15) is 26.3 Å². The lowest BCUT2D eigenvalue weighted by Gasteiger charge is -2.22. The van der Waals surface area contributed by atoms with Gasteiger partial charge >= 0.3 is 12.4 Å². The van der Waals surface area contributed by atoms with Crippen molar-refractivity contribution in [1.29, 1.82) is 0 Å². The second-order valence-electron chi connectivity index (χ2n) is 2.56. The fourth-order valence-electron chi connectivity index (χ4n) is 0.742. The van der Waals surface area contributed by atoms with Gasteiger partial charge in [0.15, 0.2) is 5.92 Å². The highest BCUT2D eigenvalue weighted by Crippen LogP contribution is 2.38. The highest BCUT2D eigenvalue weighted by molar-refractivity contribution is 4.77. The monoisotopic (exact) mass is 225 g/mol. The van der Waals surface area contributed by atoms with E-state index in [0.717, 1.165) is 0 Å². The summed E-state index contributed by atoms with van der Waals surface area (Å²) >= 11 is 0. The van der Waals surface area contributed by atoms with Crippen LogP contribution in [0.5, 0.6) is 0 Å². The van der Waals surface area contributed by atoms with Crippen LogP contribution in [0.4, 0.5) is 26.3 Å². The maximum absolute atomic E-state index is 11.8. The van der Waals surface area contributed by atoms with Gasteiger partial charge in [-0.3, -0.25) is 0 Å². The molecule has 0 bridgehead atoms. The summed E-state index contributed by atoms with van der Waals surface area (Å²) in [7, 11) is 0. The van der Waals surface area contributed by atoms with Crippen LogP contribution >= 0.6 is 0 Å². The predicted molar refractivity (Wildman–Crippen MR) is 35.6 cm³/mol. The Morgan fingerprint density at radius 3 is 1.71 bits per heavy atom. The molecule has 2 N–H and O–H groups in total. The van der Waals surface area contributed by atoms with E-state index in [1.54, 1.807) is 0 Å². The van der Waals surface area contributed by atoms with Crippen molar-refractivity contribution in [2.24, 2.45) is 5.92 Å². The van der Waals surface area contributed by atoms with Crippen LogP contribution in [0.2, 0.25) is 0 Å². The fraction of sp³-hybridized carbons (Fsp3) is 1.00. The number of nitrogens with one attached hydrogen (secondary N) is 1. The molecule has 0 saturated carbocycles. The van der Waals surface area contributed by atoms with Gasteiger partial charge in [0.05, 0.1) is 6.61 Å². The van der Waals surface area contributed by atoms with Gasteiger partial charge in [0.25, 0.3) is 0 Å². The average molecular weight is 225 g/mol. The number of alkyl halides is 6. The summed E-state index contributed by atoms with van der Waals surface area (Å²) in [6.07, 6.45) is -10.6. The molecule has 14 heavy (non-hydrogen) atoms. The van der Waals surface area contributed by atoms with Gasteiger partial charge in [0, 0.05) is 13.1 Å². The smallest absolute Gasteiger partial charge is 0.395 e.